The summed E-state index contributed by atoms with van der Waals surface area (Å²) in [5.41, 5.74) is -0.815. The van der Waals surface area contributed by atoms with E-state index in [0.717, 1.165) is 6.42 Å². The molecule has 0 bridgehead atoms. The molecule has 3 N–H and O–H groups in total. The van der Waals surface area contributed by atoms with Gasteiger partial charge in [-0.2, -0.15) is 0 Å². The fraction of sp³-hybridized carbons (Fsp3) is 0.909. The number of hydrogen-bond donors (Lipinski definition) is 3. The van der Waals surface area contributed by atoms with Crippen LogP contribution in [0.4, 0.5) is 0 Å². The number of rotatable bonds is 4. The van der Waals surface area contributed by atoms with E-state index in [0.29, 0.717) is 26.0 Å². The first-order valence-corrected chi connectivity index (χ1v) is 5.48. The lowest BCUT2D eigenvalue weighted by Gasteiger charge is -2.37. The molecular formula is C11H23NO4. The van der Waals surface area contributed by atoms with Crippen molar-refractivity contribution in [2.45, 2.75) is 44.8 Å². The molecule has 0 radical (unpaired) electrons. The van der Waals surface area contributed by atoms with E-state index in [-0.39, 0.29) is 12.2 Å². The minimum absolute atomic E-state index is 0.183. The zero-order chi connectivity index (χ0) is 12.7. The van der Waals surface area contributed by atoms with Crippen molar-refractivity contribution < 1.29 is 19.7 Å². The fourth-order valence-corrected chi connectivity index (χ4v) is 1.14. The van der Waals surface area contributed by atoms with Crippen molar-refractivity contribution in [2.24, 2.45) is 0 Å². The highest BCUT2D eigenvalue weighted by atomic mass is 16.5. The minimum Gasteiger partial charge on any atom is -0.462 e. The molecule has 0 saturated carbocycles. The monoisotopic (exact) mass is 233 g/mol. The Morgan fingerprint density at radius 1 is 1.44 bits per heavy atom. The molecule has 1 rings (SSSR count). The van der Waals surface area contributed by atoms with Crippen LogP contribution in [0.5, 0.6) is 0 Å². The summed E-state index contributed by atoms with van der Waals surface area (Å²) in [6.07, 6.45) is 1.43. The zero-order valence-electron chi connectivity index (χ0n) is 10.3. The molecule has 1 heterocycles. The van der Waals surface area contributed by atoms with Gasteiger partial charge in [-0.05, 0) is 33.6 Å². The van der Waals surface area contributed by atoms with Crippen LogP contribution >= 0.6 is 0 Å². The molecule has 0 spiro atoms. The maximum absolute atomic E-state index is 9.60. The van der Waals surface area contributed by atoms with Gasteiger partial charge < -0.3 is 20.3 Å². The topological polar surface area (TPSA) is 78.8 Å². The lowest BCUT2D eigenvalue weighted by Crippen LogP contribution is -2.59. The Balaban J connectivity index is 0.000000293. The molecule has 0 atom stereocenters. The molecule has 0 aromatic carbocycles. The van der Waals surface area contributed by atoms with Gasteiger partial charge in [-0.3, -0.25) is 4.79 Å². The first-order chi connectivity index (χ1) is 7.33. The average molecular weight is 233 g/mol. The summed E-state index contributed by atoms with van der Waals surface area (Å²) in [5, 5.41) is 20.8. The molecule has 1 aliphatic rings. The SMILES string of the molecule is CC(C)(C)OC=O.OCCCC1(O)CNC1. The number of carbonyl (C=O) groups is 1. The summed E-state index contributed by atoms with van der Waals surface area (Å²) in [7, 11) is 0. The van der Waals surface area contributed by atoms with Gasteiger partial charge in [-0.25, -0.2) is 0 Å². The van der Waals surface area contributed by atoms with Crippen LogP contribution < -0.4 is 5.32 Å². The maximum atomic E-state index is 9.60. The molecule has 16 heavy (non-hydrogen) atoms. The number of nitrogens with one attached hydrogen (secondary N) is 1. The highest BCUT2D eigenvalue weighted by molar-refractivity contribution is 5.37. The largest absolute Gasteiger partial charge is 0.462 e. The molecule has 1 aliphatic heterocycles. The van der Waals surface area contributed by atoms with Gasteiger partial charge in [0.05, 0.1) is 5.60 Å². The molecule has 0 aliphatic carbocycles. The quantitative estimate of drug-likeness (QED) is 0.598. The molecule has 0 aromatic heterocycles. The van der Waals surface area contributed by atoms with Crippen LogP contribution in [0.2, 0.25) is 0 Å². The van der Waals surface area contributed by atoms with Crippen LogP contribution in [0.3, 0.4) is 0 Å². The van der Waals surface area contributed by atoms with Gasteiger partial charge in [0.15, 0.2) is 0 Å². The third-order valence-electron chi connectivity index (χ3n) is 2.11. The molecule has 5 nitrogen and oxygen atoms in total. The van der Waals surface area contributed by atoms with Crippen LogP contribution in [0.1, 0.15) is 33.6 Å². The number of ether oxygens (including phenoxy) is 1. The third-order valence-corrected chi connectivity index (χ3v) is 2.11. The van der Waals surface area contributed by atoms with E-state index in [9.17, 15) is 9.90 Å². The summed E-state index contributed by atoms with van der Waals surface area (Å²) in [6.45, 7) is 7.48. The number of carbonyl (C=O) groups excluding carboxylic acids is 1. The van der Waals surface area contributed by atoms with Crippen LogP contribution in [0.15, 0.2) is 0 Å². The molecular weight excluding hydrogens is 210 g/mol. The normalized spacial score (nSPS) is 17.8. The van der Waals surface area contributed by atoms with Crippen LogP contribution in [-0.4, -0.2) is 47.6 Å². The Kier molecular flexibility index (Phi) is 6.55. The van der Waals surface area contributed by atoms with Crippen molar-refractivity contribution in [3.8, 4) is 0 Å². The van der Waals surface area contributed by atoms with Crippen LogP contribution in [0.25, 0.3) is 0 Å². The van der Waals surface area contributed by atoms with E-state index in [1.807, 2.05) is 20.8 Å². The highest BCUT2D eigenvalue weighted by Crippen LogP contribution is 2.16. The van der Waals surface area contributed by atoms with E-state index in [1.54, 1.807) is 0 Å². The number of aliphatic hydroxyl groups excluding tert-OH is 1. The first kappa shape index (κ1) is 15.3. The predicted molar refractivity (Wildman–Crippen MR) is 61.0 cm³/mol. The second-order valence-corrected chi connectivity index (χ2v) is 4.98. The van der Waals surface area contributed by atoms with Crippen molar-refractivity contribution in [3.05, 3.63) is 0 Å². The van der Waals surface area contributed by atoms with E-state index in [4.69, 9.17) is 5.11 Å². The second-order valence-electron chi connectivity index (χ2n) is 4.98. The Morgan fingerprint density at radius 3 is 2.19 bits per heavy atom. The third kappa shape index (κ3) is 7.62. The lowest BCUT2D eigenvalue weighted by molar-refractivity contribution is -0.138. The lowest BCUT2D eigenvalue weighted by atomic mass is 9.92. The molecule has 0 aromatic rings. The van der Waals surface area contributed by atoms with E-state index in [2.05, 4.69) is 10.1 Å². The molecule has 0 unspecified atom stereocenters. The summed E-state index contributed by atoms with van der Waals surface area (Å²) in [6, 6.07) is 0. The maximum Gasteiger partial charge on any atom is 0.293 e. The van der Waals surface area contributed by atoms with E-state index >= 15 is 0 Å². The van der Waals surface area contributed by atoms with Gasteiger partial charge in [0.25, 0.3) is 6.47 Å². The first-order valence-electron chi connectivity index (χ1n) is 5.48. The summed E-state index contributed by atoms with van der Waals surface area (Å²) < 4.78 is 4.55. The predicted octanol–water partition coefficient (Wildman–Crippen LogP) is 0.0511. The smallest absolute Gasteiger partial charge is 0.293 e. The van der Waals surface area contributed by atoms with Gasteiger partial charge in [0.2, 0.25) is 0 Å². The second kappa shape index (κ2) is 6.83. The average Bonchev–Trinajstić information content (AvgIpc) is 2.11. The van der Waals surface area contributed by atoms with Crippen LogP contribution in [0, 0.1) is 0 Å². The van der Waals surface area contributed by atoms with Gasteiger partial charge in [-0.15, -0.1) is 0 Å². The van der Waals surface area contributed by atoms with E-state index < -0.39 is 5.60 Å². The Bertz CT molecular complexity index is 197. The molecule has 1 saturated heterocycles. The van der Waals surface area contributed by atoms with Crippen molar-refractivity contribution >= 4 is 6.47 Å². The Morgan fingerprint density at radius 2 is 2.00 bits per heavy atom. The van der Waals surface area contributed by atoms with Gasteiger partial charge in [0, 0.05) is 19.7 Å². The van der Waals surface area contributed by atoms with Crippen LogP contribution in [-0.2, 0) is 9.53 Å². The van der Waals surface area contributed by atoms with Gasteiger partial charge >= 0.3 is 0 Å². The Labute approximate surface area is 96.8 Å². The summed E-state index contributed by atoms with van der Waals surface area (Å²) >= 11 is 0. The summed E-state index contributed by atoms with van der Waals surface area (Å²) in [5.74, 6) is 0. The molecule has 5 heteroatoms. The van der Waals surface area contributed by atoms with E-state index in [1.165, 1.54) is 0 Å². The van der Waals surface area contributed by atoms with Crippen molar-refractivity contribution in [1.29, 1.82) is 0 Å². The molecule has 1 fully saturated rings. The van der Waals surface area contributed by atoms with Gasteiger partial charge in [-0.1, -0.05) is 0 Å². The fourth-order valence-electron chi connectivity index (χ4n) is 1.14. The zero-order valence-corrected chi connectivity index (χ0v) is 10.3. The van der Waals surface area contributed by atoms with Crippen molar-refractivity contribution in [1.82, 2.24) is 5.32 Å². The number of aliphatic hydroxyl groups is 2. The minimum atomic E-state index is -0.497. The number of β-amino-alcohol motifs (C(OH)–C–C–N with tert-alkyl or cyclic N) is 1. The van der Waals surface area contributed by atoms with Crippen molar-refractivity contribution in [2.75, 3.05) is 19.7 Å². The molecule has 0 amide bonds. The highest BCUT2D eigenvalue weighted by Gasteiger charge is 2.32. The Hall–Kier alpha value is -0.650. The standard InChI is InChI=1S/C6H13NO2.C5H10O2/c8-3-1-2-6(9)4-7-5-6;1-5(2,3)7-4-6/h7-9H,1-5H2;4H,1-3H3. The summed E-state index contributed by atoms with van der Waals surface area (Å²) in [4.78, 5) is 9.60. The van der Waals surface area contributed by atoms with Gasteiger partial charge in [0.1, 0.15) is 5.60 Å². The number of hydrogen-bond acceptors (Lipinski definition) is 5. The molecule has 96 valence electrons. The van der Waals surface area contributed by atoms with Crippen molar-refractivity contribution in [3.63, 3.8) is 0 Å².